The monoisotopic (exact) mass is 362 g/mol. The number of amides is 1. The molecule has 1 heterocycles. The summed E-state index contributed by atoms with van der Waals surface area (Å²) in [6, 6.07) is 0. The van der Waals surface area contributed by atoms with E-state index < -0.39 is 39.2 Å². The lowest BCUT2D eigenvalue weighted by molar-refractivity contribution is -0.135. The number of hydrogen-bond acceptors (Lipinski definition) is 6. The summed E-state index contributed by atoms with van der Waals surface area (Å²) in [6.45, 7) is 0.353. The molecule has 1 aliphatic rings. The molecule has 0 saturated carbocycles. The standard InChI is InChI=1S/C9H20N2O9P2/c12-7-8(13)11-5-3-10(4-6-11)2-1-9(14,21(15,16)17)22(18,19)20/h12,14H,1-7H2,(H2,15,16,17)(H2,18,19,20). The molecule has 0 aromatic heterocycles. The molecule has 1 saturated heterocycles. The van der Waals surface area contributed by atoms with Gasteiger partial charge in [0.05, 0.1) is 0 Å². The van der Waals surface area contributed by atoms with Crippen molar-refractivity contribution in [3.05, 3.63) is 0 Å². The number of aliphatic hydroxyl groups excluding tert-OH is 1. The van der Waals surface area contributed by atoms with E-state index >= 15 is 0 Å². The maximum absolute atomic E-state index is 11.3. The van der Waals surface area contributed by atoms with Crippen LogP contribution < -0.4 is 0 Å². The first kappa shape index (κ1) is 19.7. The van der Waals surface area contributed by atoms with Crippen molar-refractivity contribution in [2.75, 3.05) is 39.3 Å². The van der Waals surface area contributed by atoms with Crippen molar-refractivity contribution < 1.29 is 43.7 Å². The predicted molar refractivity (Wildman–Crippen MR) is 73.8 cm³/mol. The molecule has 0 aliphatic carbocycles. The van der Waals surface area contributed by atoms with Crippen molar-refractivity contribution in [1.82, 2.24) is 9.80 Å². The highest BCUT2D eigenvalue weighted by Crippen LogP contribution is 2.68. The van der Waals surface area contributed by atoms with Crippen LogP contribution in [0.25, 0.3) is 0 Å². The molecule has 22 heavy (non-hydrogen) atoms. The Bertz CT molecular complexity index is 471. The van der Waals surface area contributed by atoms with Crippen LogP contribution >= 0.6 is 15.2 Å². The first-order valence-electron chi connectivity index (χ1n) is 6.37. The molecular weight excluding hydrogens is 342 g/mol. The van der Waals surface area contributed by atoms with Gasteiger partial charge in [0.25, 0.3) is 5.08 Å². The Balaban J connectivity index is 2.64. The minimum atomic E-state index is -5.44. The van der Waals surface area contributed by atoms with Gasteiger partial charge in [-0.05, 0) is 0 Å². The molecule has 0 aromatic rings. The normalized spacial score (nSPS) is 18.5. The zero-order valence-corrected chi connectivity index (χ0v) is 13.4. The van der Waals surface area contributed by atoms with Crippen LogP contribution in [0.3, 0.4) is 0 Å². The number of rotatable bonds is 6. The average molecular weight is 362 g/mol. The second-order valence-corrected chi connectivity index (χ2v) is 9.00. The van der Waals surface area contributed by atoms with E-state index in [0.29, 0.717) is 13.1 Å². The molecule has 0 unspecified atom stereocenters. The number of aliphatic hydroxyl groups is 2. The van der Waals surface area contributed by atoms with Gasteiger partial charge in [0, 0.05) is 39.1 Å². The number of nitrogens with zero attached hydrogens (tertiary/aromatic N) is 2. The van der Waals surface area contributed by atoms with E-state index in [1.165, 1.54) is 4.90 Å². The van der Waals surface area contributed by atoms with Crippen molar-refractivity contribution in [2.24, 2.45) is 0 Å². The van der Waals surface area contributed by atoms with Crippen molar-refractivity contribution in [1.29, 1.82) is 0 Å². The largest absolute Gasteiger partial charge is 0.387 e. The summed E-state index contributed by atoms with van der Waals surface area (Å²) >= 11 is 0. The number of carbonyl (C=O) groups is 1. The summed E-state index contributed by atoms with van der Waals surface area (Å²) in [7, 11) is -10.9. The number of piperazine rings is 1. The van der Waals surface area contributed by atoms with Crippen LogP contribution in [0.1, 0.15) is 6.42 Å². The molecule has 13 heteroatoms. The smallest absolute Gasteiger partial charge is 0.369 e. The second-order valence-electron chi connectivity index (χ2n) is 4.99. The van der Waals surface area contributed by atoms with Crippen molar-refractivity contribution in [3.8, 4) is 0 Å². The van der Waals surface area contributed by atoms with Crippen LogP contribution in [0.15, 0.2) is 0 Å². The lowest BCUT2D eigenvalue weighted by atomic mass is 10.3. The Labute approximate surface area is 126 Å². The van der Waals surface area contributed by atoms with Crippen LogP contribution in [-0.2, 0) is 13.9 Å². The Hall–Kier alpha value is -0.350. The fraction of sp³-hybridized carbons (Fsp3) is 0.889. The van der Waals surface area contributed by atoms with Crippen molar-refractivity contribution in [2.45, 2.75) is 11.5 Å². The fourth-order valence-corrected chi connectivity index (χ4v) is 4.23. The van der Waals surface area contributed by atoms with Gasteiger partial charge in [-0.3, -0.25) is 18.8 Å². The molecule has 11 nitrogen and oxygen atoms in total. The van der Waals surface area contributed by atoms with Crippen molar-refractivity contribution in [3.63, 3.8) is 0 Å². The minimum Gasteiger partial charge on any atom is -0.387 e. The van der Waals surface area contributed by atoms with Crippen LogP contribution in [0, 0.1) is 0 Å². The SMILES string of the molecule is O=C(CO)N1CCN(CCC(O)(P(=O)(O)O)P(=O)(O)O)CC1. The quantitative estimate of drug-likeness (QED) is 0.277. The average Bonchev–Trinajstić information content (AvgIpc) is 2.42. The van der Waals surface area contributed by atoms with Gasteiger partial charge in [0.2, 0.25) is 5.91 Å². The third-order valence-electron chi connectivity index (χ3n) is 3.56. The Morgan fingerprint density at radius 1 is 1.00 bits per heavy atom. The number of hydrogen-bond donors (Lipinski definition) is 6. The summed E-state index contributed by atoms with van der Waals surface area (Å²) in [5.41, 5.74) is 0. The molecule has 0 atom stereocenters. The van der Waals surface area contributed by atoms with Gasteiger partial charge in [-0.25, -0.2) is 0 Å². The van der Waals surface area contributed by atoms with Crippen LogP contribution in [0.2, 0.25) is 0 Å². The zero-order valence-electron chi connectivity index (χ0n) is 11.6. The van der Waals surface area contributed by atoms with E-state index in [9.17, 15) is 19.0 Å². The molecule has 1 fully saturated rings. The van der Waals surface area contributed by atoms with E-state index in [-0.39, 0.29) is 19.6 Å². The van der Waals surface area contributed by atoms with E-state index in [2.05, 4.69) is 0 Å². The molecule has 0 aromatic carbocycles. The third-order valence-corrected chi connectivity index (χ3v) is 7.43. The third kappa shape index (κ3) is 4.35. The van der Waals surface area contributed by atoms with E-state index in [4.69, 9.17) is 24.7 Å². The highest BCUT2D eigenvalue weighted by atomic mass is 31.2. The van der Waals surface area contributed by atoms with Gasteiger partial charge in [-0.2, -0.15) is 0 Å². The van der Waals surface area contributed by atoms with Crippen LogP contribution in [0.5, 0.6) is 0 Å². The second kappa shape index (κ2) is 7.04. The van der Waals surface area contributed by atoms with Crippen molar-refractivity contribution >= 4 is 21.1 Å². The molecule has 0 bridgehead atoms. The van der Waals surface area contributed by atoms with E-state index in [0.717, 1.165) is 0 Å². The van der Waals surface area contributed by atoms with Gasteiger partial charge in [-0.1, -0.05) is 0 Å². The topological polar surface area (TPSA) is 179 Å². The fourth-order valence-electron chi connectivity index (χ4n) is 2.09. The first-order chi connectivity index (χ1) is 9.92. The molecule has 0 radical (unpaired) electrons. The molecule has 1 aliphatic heterocycles. The number of carbonyl (C=O) groups excluding carboxylic acids is 1. The van der Waals surface area contributed by atoms with Gasteiger partial charge < -0.3 is 34.7 Å². The summed E-state index contributed by atoms with van der Waals surface area (Å²) in [5.74, 6) is -0.443. The molecule has 1 amide bonds. The highest BCUT2D eigenvalue weighted by molar-refractivity contribution is 7.72. The van der Waals surface area contributed by atoms with Gasteiger partial charge >= 0.3 is 15.2 Å². The Kier molecular flexibility index (Phi) is 6.30. The van der Waals surface area contributed by atoms with E-state index in [1.807, 2.05) is 0 Å². The van der Waals surface area contributed by atoms with Crippen LogP contribution in [-0.4, -0.2) is 89.9 Å². The zero-order chi connectivity index (χ0) is 17.2. The highest BCUT2D eigenvalue weighted by Gasteiger charge is 2.59. The molecule has 6 N–H and O–H groups in total. The Morgan fingerprint density at radius 3 is 1.82 bits per heavy atom. The maximum Gasteiger partial charge on any atom is 0.369 e. The van der Waals surface area contributed by atoms with Gasteiger partial charge in [0.1, 0.15) is 6.61 Å². The lowest BCUT2D eigenvalue weighted by Gasteiger charge is -2.36. The maximum atomic E-state index is 11.3. The van der Waals surface area contributed by atoms with Gasteiger partial charge in [0.15, 0.2) is 0 Å². The van der Waals surface area contributed by atoms with E-state index in [1.54, 1.807) is 4.90 Å². The summed E-state index contributed by atoms with van der Waals surface area (Å²) in [4.78, 5) is 50.3. The minimum absolute atomic E-state index is 0.159. The van der Waals surface area contributed by atoms with Crippen LogP contribution in [0.4, 0.5) is 0 Å². The lowest BCUT2D eigenvalue weighted by Crippen LogP contribution is -2.50. The summed E-state index contributed by atoms with van der Waals surface area (Å²) < 4.78 is 22.4. The molecular formula is C9H20N2O9P2. The Morgan fingerprint density at radius 2 is 1.45 bits per heavy atom. The van der Waals surface area contributed by atoms with Gasteiger partial charge in [-0.15, -0.1) is 0 Å². The molecule has 0 spiro atoms. The predicted octanol–water partition coefficient (Wildman–Crippen LogP) is -2.49. The first-order valence-corrected chi connectivity index (χ1v) is 9.59. The summed E-state index contributed by atoms with van der Waals surface area (Å²) in [6.07, 6.45) is -0.810. The molecule has 1 rings (SSSR count). The summed E-state index contributed by atoms with van der Waals surface area (Å²) in [5, 5.41) is 15.1. The molecule has 130 valence electrons.